The molecule has 0 saturated carbocycles. The summed E-state index contributed by atoms with van der Waals surface area (Å²) in [6.45, 7) is 5.79. The van der Waals surface area contributed by atoms with Gasteiger partial charge in [0.1, 0.15) is 12.4 Å². The van der Waals surface area contributed by atoms with Crippen LogP contribution in [0.4, 0.5) is 0 Å². The van der Waals surface area contributed by atoms with E-state index in [1.54, 1.807) is 37.3 Å². The number of nitrogens with one attached hydrogen (secondary N) is 2. The van der Waals surface area contributed by atoms with E-state index in [-0.39, 0.29) is 6.04 Å². The van der Waals surface area contributed by atoms with Crippen LogP contribution in [-0.4, -0.2) is 24.6 Å². The lowest BCUT2D eigenvalue weighted by atomic mass is 10.1. The molecule has 0 unspecified atom stereocenters. The largest absolute Gasteiger partial charge is 0.490 e. The predicted molar refractivity (Wildman–Crippen MR) is 101 cm³/mol. The molecule has 2 aromatic carbocycles. The first-order valence-electron chi connectivity index (χ1n) is 8.12. The molecular weight excluding hydrogens is 330 g/mol. The minimum Gasteiger partial charge on any atom is -0.490 e. The smallest absolute Gasteiger partial charge is 0.329 e. The fourth-order valence-corrected chi connectivity index (χ4v) is 2.14. The highest BCUT2D eigenvalue weighted by atomic mass is 16.5. The van der Waals surface area contributed by atoms with Crippen molar-refractivity contribution in [1.29, 1.82) is 0 Å². The van der Waals surface area contributed by atoms with Gasteiger partial charge >= 0.3 is 11.8 Å². The molecule has 134 valence electrons. The second kappa shape index (κ2) is 9.78. The first-order valence-corrected chi connectivity index (χ1v) is 8.12. The highest BCUT2D eigenvalue weighted by Gasteiger charge is 2.16. The van der Waals surface area contributed by atoms with Gasteiger partial charge in [-0.1, -0.05) is 55.1 Å². The molecule has 0 spiro atoms. The highest BCUT2D eigenvalue weighted by molar-refractivity contribution is 6.35. The standard InChI is InChI=1S/C20H21N3O3/c1-3-12-26-18-11-7-8-16(13-18)14-21-23-20(25)19(24)22-15(2)17-9-5-4-6-10-17/h3-11,13-15H,1,12H2,2H3,(H,22,24)(H,23,25)/b21-14-/t15-/m1/s1. The third-order valence-electron chi connectivity index (χ3n) is 3.46. The van der Waals surface area contributed by atoms with Crippen LogP contribution >= 0.6 is 0 Å². The van der Waals surface area contributed by atoms with Gasteiger partial charge in [-0.05, 0) is 30.2 Å². The molecular formula is C20H21N3O3. The number of ether oxygens (including phenoxy) is 1. The summed E-state index contributed by atoms with van der Waals surface area (Å²) in [7, 11) is 0. The Kier molecular flexibility index (Phi) is 7.12. The average Bonchev–Trinajstić information content (AvgIpc) is 2.67. The van der Waals surface area contributed by atoms with Gasteiger partial charge in [-0.3, -0.25) is 9.59 Å². The molecule has 0 bridgehead atoms. The molecule has 0 radical (unpaired) electrons. The molecule has 1 atom stereocenters. The minimum atomic E-state index is -0.830. The van der Waals surface area contributed by atoms with Crippen molar-refractivity contribution < 1.29 is 14.3 Å². The van der Waals surface area contributed by atoms with E-state index < -0.39 is 11.8 Å². The number of benzene rings is 2. The van der Waals surface area contributed by atoms with Gasteiger partial charge in [0, 0.05) is 0 Å². The zero-order valence-corrected chi connectivity index (χ0v) is 14.5. The Hall–Kier alpha value is -3.41. The Morgan fingerprint density at radius 1 is 1.15 bits per heavy atom. The lowest BCUT2D eigenvalue weighted by Crippen LogP contribution is -2.39. The van der Waals surface area contributed by atoms with E-state index >= 15 is 0 Å². The van der Waals surface area contributed by atoms with Crippen molar-refractivity contribution in [3.05, 3.63) is 78.4 Å². The van der Waals surface area contributed by atoms with Crippen molar-refractivity contribution in [3.63, 3.8) is 0 Å². The molecule has 2 amide bonds. The highest BCUT2D eigenvalue weighted by Crippen LogP contribution is 2.12. The molecule has 2 rings (SSSR count). The monoisotopic (exact) mass is 351 g/mol. The van der Waals surface area contributed by atoms with Crippen molar-refractivity contribution in [2.75, 3.05) is 6.61 Å². The van der Waals surface area contributed by atoms with Crippen LogP contribution in [0.3, 0.4) is 0 Å². The predicted octanol–water partition coefficient (Wildman–Crippen LogP) is 2.58. The molecule has 0 saturated heterocycles. The lowest BCUT2D eigenvalue weighted by molar-refractivity contribution is -0.139. The SMILES string of the molecule is C=CCOc1cccc(/C=N\NC(=O)C(=O)N[C@H](C)c2ccccc2)c1. The van der Waals surface area contributed by atoms with Crippen LogP contribution in [0.15, 0.2) is 72.4 Å². The number of carbonyl (C=O) groups is 2. The van der Waals surface area contributed by atoms with Crippen LogP contribution in [0, 0.1) is 0 Å². The number of hydrazone groups is 1. The van der Waals surface area contributed by atoms with E-state index in [1.165, 1.54) is 6.21 Å². The second-order valence-corrected chi connectivity index (χ2v) is 5.48. The van der Waals surface area contributed by atoms with Gasteiger partial charge < -0.3 is 10.1 Å². The summed E-state index contributed by atoms with van der Waals surface area (Å²) in [5.74, 6) is -0.917. The number of hydrogen-bond acceptors (Lipinski definition) is 4. The van der Waals surface area contributed by atoms with E-state index in [0.29, 0.717) is 12.4 Å². The van der Waals surface area contributed by atoms with E-state index in [2.05, 4.69) is 22.4 Å². The number of carbonyl (C=O) groups excluding carboxylic acids is 2. The third-order valence-corrected chi connectivity index (χ3v) is 3.46. The van der Waals surface area contributed by atoms with Gasteiger partial charge in [0.25, 0.3) is 0 Å². The van der Waals surface area contributed by atoms with Gasteiger partial charge in [-0.25, -0.2) is 5.43 Å². The molecule has 0 aliphatic carbocycles. The second-order valence-electron chi connectivity index (χ2n) is 5.48. The third kappa shape index (κ3) is 5.90. The quantitative estimate of drug-likeness (QED) is 0.348. The molecule has 0 fully saturated rings. The number of rotatable bonds is 7. The topological polar surface area (TPSA) is 79.8 Å². The number of amides is 2. The van der Waals surface area contributed by atoms with Crippen molar-refractivity contribution in [2.24, 2.45) is 5.10 Å². The first kappa shape index (κ1) is 18.9. The van der Waals surface area contributed by atoms with Crippen LogP contribution in [-0.2, 0) is 9.59 Å². The van der Waals surface area contributed by atoms with E-state index in [1.807, 2.05) is 30.3 Å². The van der Waals surface area contributed by atoms with E-state index in [0.717, 1.165) is 11.1 Å². The molecule has 26 heavy (non-hydrogen) atoms. The molecule has 2 aromatic rings. The average molecular weight is 351 g/mol. The molecule has 6 nitrogen and oxygen atoms in total. The van der Waals surface area contributed by atoms with Gasteiger partial charge in [-0.15, -0.1) is 0 Å². The molecule has 0 aliphatic rings. The van der Waals surface area contributed by atoms with Gasteiger partial charge in [0.15, 0.2) is 0 Å². The number of nitrogens with zero attached hydrogens (tertiary/aromatic N) is 1. The summed E-state index contributed by atoms with van der Waals surface area (Å²) in [6.07, 6.45) is 3.09. The maximum Gasteiger partial charge on any atom is 0.329 e. The van der Waals surface area contributed by atoms with Gasteiger partial charge in [0.05, 0.1) is 12.3 Å². The summed E-state index contributed by atoms with van der Waals surface area (Å²) in [5.41, 5.74) is 3.85. The van der Waals surface area contributed by atoms with Gasteiger partial charge in [0.2, 0.25) is 0 Å². The first-order chi connectivity index (χ1) is 12.6. The maximum atomic E-state index is 11.9. The van der Waals surface area contributed by atoms with E-state index in [4.69, 9.17) is 4.74 Å². The molecule has 2 N–H and O–H groups in total. The van der Waals surface area contributed by atoms with Crippen molar-refractivity contribution in [1.82, 2.24) is 10.7 Å². The van der Waals surface area contributed by atoms with Crippen LogP contribution < -0.4 is 15.5 Å². The molecule has 0 aliphatic heterocycles. The maximum absolute atomic E-state index is 11.9. The fourth-order valence-electron chi connectivity index (χ4n) is 2.14. The zero-order chi connectivity index (χ0) is 18.8. The fraction of sp³-hybridized carbons (Fsp3) is 0.150. The van der Waals surface area contributed by atoms with Crippen LogP contribution in [0.5, 0.6) is 5.75 Å². The summed E-state index contributed by atoms with van der Waals surface area (Å²) < 4.78 is 5.42. The Morgan fingerprint density at radius 2 is 1.92 bits per heavy atom. The van der Waals surface area contributed by atoms with Gasteiger partial charge in [-0.2, -0.15) is 5.10 Å². The van der Waals surface area contributed by atoms with Crippen molar-refractivity contribution in [3.8, 4) is 5.75 Å². The minimum absolute atomic E-state index is 0.280. The Morgan fingerprint density at radius 3 is 2.65 bits per heavy atom. The summed E-state index contributed by atoms with van der Waals surface area (Å²) in [4.78, 5) is 23.8. The van der Waals surface area contributed by atoms with Crippen LogP contribution in [0.25, 0.3) is 0 Å². The van der Waals surface area contributed by atoms with Crippen molar-refractivity contribution in [2.45, 2.75) is 13.0 Å². The summed E-state index contributed by atoms with van der Waals surface area (Å²) >= 11 is 0. The normalized spacial score (nSPS) is 11.6. The Bertz CT molecular complexity index is 788. The summed E-state index contributed by atoms with van der Waals surface area (Å²) in [5, 5.41) is 6.43. The Labute approximate surface area is 152 Å². The zero-order valence-electron chi connectivity index (χ0n) is 14.5. The number of hydrogen-bond donors (Lipinski definition) is 2. The van der Waals surface area contributed by atoms with Crippen LogP contribution in [0.2, 0.25) is 0 Å². The summed E-state index contributed by atoms with van der Waals surface area (Å²) in [6, 6.07) is 16.3. The van der Waals surface area contributed by atoms with Crippen molar-refractivity contribution >= 4 is 18.0 Å². The van der Waals surface area contributed by atoms with Crippen LogP contribution in [0.1, 0.15) is 24.1 Å². The molecule has 0 aromatic heterocycles. The lowest BCUT2D eigenvalue weighted by Gasteiger charge is -2.13. The van der Waals surface area contributed by atoms with E-state index in [9.17, 15) is 9.59 Å². The Balaban J connectivity index is 1.86. The molecule has 6 heteroatoms. The molecule has 0 heterocycles.